The first-order valence-electron chi connectivity index (χ1n) is 4.03. The van der Waals surface area contributed by atoms with Gasteiger partial charge in [0.2, 0.25) is 0 Å². The molecule has 0 spiro atoms. The second-order valence-corrected chi connectivity index (χ2v) is 5.65. The molecule has 0 saturated heterocycles. The third-order valence-corrected chi connectivity index (χ3v) is 2.72. The number of halogens is 1. The maximum atomic E-state index is 3.54. The molecule has 1 heterocycles. The molecule has 0 radical (unpaired) electrons. The van der Waals surface area contributed by atoms with Gasteiger partial charge in [-0.05, 0) is 18.5 Å². The summed E-state index contributed by atoms with van der Waals surface area (Å²) in [4.78, 5) is 4.33. The highest BCUT2D eigenvalue weighted by Gasteiger charge is 2.03. The number of rotatable bonds is 4. The van der Waals surface area contributed by atoms with Gasteiger partial charge in [0.15, 0.2) is 0 Å². The molecule has 1 aromatic heterocycles. The molecule has 1 aromatic rings. The SMILES string of the molecule is CC(Br)CN(C)Cc1cccs1. The quantitative estimate of drug-likeness (QED) is 0.740. The van der Waals surface area contributed by atoms with Gasteiger partial charge in [0.1, 0.15) is 0 Å². The molecule has 0 aromatic carbocycles. The van der Waals surface area contributed by atoms with Gasteiger partial charge in [-0.25, -0.2) is 0 Å². The van der Waals surface area contributed by atoms with Gasteiger partial charge >= 0.3 is 0 Å². The van der Waals surface area contributed by atoms with Gasteiger partial charge in [-0.1, -0.05) is 28.9 Å². The lowest BCUT2D eigenvalue weighted by atomic mass is 10.4. The van der Waals surface area contributed by atoms with Crippen LogP contribution in [-0.4, -0.2) is 23.3 Å². The Kier molecular flexibility index (Phi) is 4.26. The van der Waals surface area contributed by atoms with E-state index in [9.17, 15) is 0 Å². The summed E-state index contributed by atoms with van der Waals surface area (Å²) in [7, 11) is 2.15. The van der Waals surface area contributed by atoms with Crippen LogP contribution in [0.25, 0.3) is 0 Å². The summed E-state index contributed by atoms with van der Waals surface area (Å²) >= 11 is 5.36. The number of alkyl halides is 1. The van der Waals surface area contributed by atoms with E-state index in [0.717, 1.165) is 13.1 Å². The molecule has 0 aliphatic rings. The molecule has 0 N–H and O–H groups in total. The van der Waals surface area contributed by atoms with Crippen molar-refractivity contribution in [3.63, 3.8) is 0 Å². The van der Waals surface area contributed by atoms with Crippen molar-refractivity contribution in [3.05, 3.63) is 22.4 Å². The van der Waals surface area contributed by atoms with Crippen LogP contribution in [0.2, 0.25) is 0 Å². The molecule has 0 aliphatic carbocycles. The molecule has 0 fully saturated rings. The van der Waals surface area contributed by atoms with Gasteiger partial charge in [0.25, 0.3) is 0 Å². The van der Waals surface area contributed by atoms with Crippen molar-refractivity contribution in [1.29, 1.82) is 0 Å². The van der Waals surface area contributed by atoms with Crippen LogP contribution in [-0.2, 0) is 6.54 Å². The lowest BCUT2D eigenvalue weighted by molar-refractivity contribution is 0.336. The van der Waals surface area contributed by atoms with Crippen LogP contribution in [0.15, 0.2) is 17.5 Å². The summed E-state index contributed by atoms with van der Waals surface area (Å²) < 4.78 is 0. The number of nitrogens with zero attached hydrogens (tertiary/aromatic N) is 1. The lowest BCUT2D eigenvalue weighted by Crippen LogP contribution is -2.23. The van der Waals surface area contributed by atoms with Crippen LogP contribution in [0.5, 0.6) is 0 Å². The van der Waals surface area contributed by atoms with Crippen molar-refractivity contribution in [3.8, 4) is 0 Å². The Morgan fingerprint density at radius 3 is 2.92 bits per heavy atom. The van der Waals surface area contributed by atoms with E-state index in [-0.39, 0.29) is 0 Å². The molecule has 0 bridgehead atoms. The van der Waals surface area contributed by atoms with Crippen LogP contribution < -0.4 is 0 Å². The topological polar surface area (TPSA) is 3.24 Å². The smallest absolute Gasteiger partial charge is 0.0325 e. The van der Waals surface area contributed by atoms with Crippen LogP contribution in [0.3, 0.4) is 0 Å². The first-order chi connectivity index (χ1) is 5.68. The second-order valence-electron chi connectivity index (χ2n) is 3.06. The van der Waals surface area contributed by atoms with Crippen LogP contribution in [0.1, 0.15) is 11.8 Å². The standard InChI is InChI=1S/C9H14BrNS/c1-8(10)6-11(2)7-9-4-3-5-12-9/h3-5,8H,6-7H2,1-2H3. The molecule has 1 unspecified atom stereocenters. The van der Waals surface area contributed by atoms with Gasteiger partial charge < -0.3 is 4.90 Å². The fourth-order valence-electron chi connectivity index (χ4n) is 1.16. The van der Waals surface area contributed by atoms with E-state index < -0.39 is 0 Å². The minimum atomic E-state index is 0.572. The highest BCUT2D eigenvalue weighted by molar-refractivity contribution is 9.09. The predicted octanol–water partition coefficient (Wildman–Crippen LogP) is 2.96. The number of hydrogen-bond donors (Lipinski definition) is 0. The zero-order chi connectivity index (χ0) is 8.97. The van der Waals surface area contributed by atoms with Crippen molar-refractivity contribution in [2.45, 2.75) is 18.3 Å². The minimum Gasteiger partial charge on any atom is -0.300 e. The maximum Gasteiger partial charge on any atom is 0.0325 e. The van der Waals surface area contributed by atoms with E-state index in [1.54, 1.807) is 0 Å². The van der Waals surface area contributed by atoms with Crippen molar-refractivity contribution in [2.75, 3.05) is 13.6 Å². The highest BCUT2D eigenvalue weighted by Crippen LogP contribution is 2.11. The van der Waals surface area contributed by atoms with E-state index in [0.29, 0.717) is 4.83 Å². The summed E-state index contributed by atoms with van der Waals surface area (Å²) in [6, 6.07) is 4.28. The zero-order valence-corrected chi connectivity index (χ0v) is 9.86. The molecule has 1 nitrogen and oxygen atoms in total. The first-order valence-corrected chi connectivity index (χ1v) is 5.83. The Balaban J connectivity index is 2.32. The largest absolute Gasteiger partial charge is 0.300 e. The normalized spacial score (nSPS) is 13.7. The first kappa shape index (κ1) is 10.2. The number of thiophene rings is 1. The fraction of sp³-hybridized carbons (Fsp3) is 0.556. The van der Waals surface area contributed by atoms with Crippen LogP contribution in [0, 0.1) is 0 Å². The fourth-order valence-corrected chi connectivity index (χ4v) is 2.44. The zero-order valence-electron chi connectivity index (χ0n) is 7.46. The summed E-state index contributed by atoms with van der Waals surface area (Å²) in [5, 5.41) is 2.13. The molecule has 0 saturated carbocycles. The second kappa shape index (κ2) is 5.00. The van der Waals surface area contributed by atoms with E-state index in [4.69, 9.17) is 0 Å². The van der Waals surface area contributed by atoms with Gasteiger partial charge in [0, 0.05) is 22.8 Å². The van der Waals surface area contributed by atoms with Crippen molar-refractivity contribution in [1.82, 2.24) is 4.90 Å². The monoisotopic (exact) mass is 247 g/mol. The summed E-state index contributed by atoms with van der Waals surface area (Å²) in [5.41, 5.74) is 0. The van der Waals surface area contributed by atoms with Gasteiger partial charge in [-0.15, -0.1) is 11.3 Å². The molecule has 3 heteroatoms. The predicted molar refractivity (Wildman–Crippen MR) is 59.0 cm³/mol. The van der Waals surface area contributed by atoms with Crippen LogP contribution in [0.4, 0.5) is 0 Å². The molecule has 68 valence electrons. The summed E-state index contributed by atoms with van der Waals surface area (Å²) in [6.07, 6.45) is 0. The summed E-state index contributed by atoms with van der Waals surface area (Å²) in [6.45, 7) is 4.33. The number of hydrogen-bond acceptors (Lipinski definition) is 2. The van der Waals surface area contributed by atoms with E-state index >= 15 is 0 Å². The average molecular weight is 248 g/mol. The molecular weight excluding hydrogens is 234 g/mol. The Morgan fingerprint density at radius 1 is 1.67 bits per heavy atom. The van der Waals surface area contributed by atoms with E-state index in [2.05, 4.69) is 52.3 Å². The van der Waals surface area contributed by atoms with Crippen molar-refractivity contribution in [2.24, 2.45) is 0 Å². The van der Waals surface area contributed by atoms with E-state index in [1.165, 1.54) is 4.88 Å². The minimum absolute atomic E-state index is 0.572. The maximum absolute atomic E-state index is 3.54. The molecule has 0 aliphatic heterocycles. The van der Waals surface area contributed by atoms with Gasteiger partial charge in [-0.3, -0.25) is 0 Å². The third-order valence-electron chi connectivity index (χ3n) is 1.57. The molecular formula is C9H14BrNS. The Hall–Kier alpha value is 0.140. The Morgan fingerprint density at radius 2 is 2.42 bits per heavy atom. The Bertz CT molecular complexity index is 208. The highest BCUT2D eigenvalue weighted by atomic mass is 79.9. The molecule has 12 heavy (non-hydrogen) atoms. The van der Waals surface area contributed by atoms with E-state index in [1.807, 2.05) is 11.3 Å². The van der Waals surface area contributed by atoms with Crippen molar-refractivity contribution < 1.29 is 0 Å². The average Bonchev–Trinajstić information content (AvgIpc) is 2.37. The molecule has 1 atom stereocenters. The van der Waals surface area contributed by atoms with Gasteiger partial charge in [0.05, 0.1) is 0 Å². The summed E-state index contributed by atoms with van der Waals surface area (Å²) in [5.74, 6) is 0. The van der Waals surface area contributed by atoms with Crippen molar-refractivity contribution >= 4 is 27.3 Å². The lowest BCUT2D eigenvalue weighted by Gasteiger charge is -2.16. The van der Waals surface area contributed by atoms with Gasteiger partial charge in [-0.2, -0.15) is 0 Å². The third kappa shape index (κ3) is 3.70. The Labute approximate surface area is 86.5 Å². The molecule has 1 rings (SSSR count). The van der Waals surface area contributed by atoms with Crippen LogP contribution >= 0.6 is 27.3 Å². The molecule has 0 amide bonds.